The van der Waals surface area contributed by atoms with Gasteiger partial charge in [0.1, 0.15) is 5.60 Å². The number of anilines is 2. The Bertz CT molecular complexity index is 1270. The summed E-state index contributed by atoms with van der Waals surface area (Å²) >= 11 is 0. The molecule has 0 atom stereocenters. The van der Waals surface area contributed by atoms with Gasteiger partial charge in [-0.2, -0.15) is 13.2 Å². The van der Waals surface area contributed by atoms with Gasteiger partial charge in [-0.3, -0.25) is 4.79 Å². The highest BCUT2D eigenvalue weighted by molar-refractivity contribution is 5.70. The molecule has 0 aliphatic rings. The number of aromatic nitrogens is 2. The number of nitrogens with zero attached hydrogens (tertiary/aromatic N) is 2. The van der Waals surface area contributed by atoms with Gasteiger partial charge in [-0.1, -0.05) is 36.4 Å². The number of amides is 1. The summed E-state index contributed by atoms with van der Waals surface area (Å²) in [5.41, 5.74) is 0.772. The normalized spacial score (nSPS) is 11.6. The van der Waals surface area contributed by atoms with Crippen molar-refractivity contribution in [2.45, 2.75) is 58.4 Å². The van der Waals surface area contributed by atoms with Crippen LogP contribution in [0, 0.1) is 0 Å². The molecule has 1 aromatic heterocycles. The van der Waals surface area contributed by atoms with Gasteiger partial charge in [0.15, 0.2) is 0 Å². The van der Waals surface area contributed by atoms with Crippen LogP contribution in [0.2, 0.25) is 0 Å². The van der Waals surface area contributed by atoms with Crippen molar-refractivity contribution in [1.82, 2.24) is 15.3 Å². The third-order valence-corrected chi connectivity index (χ3v) is 5.31. The van der Waals surface area contributed by atoms with Crippen LogP contribution >= 0.6 is 0 Å². The van der Waals surface area contributed by atoms with Crippen LogP contribution in [0.5, 0.6) is 0 Å². The molecule has 3 rings (SSSR count). The van der Waals surface area contributed by atoms with E-state index in [4.69, 9.17) is 9.84 Å². The van der Waals surface area contributed by atoms with E-state index in [0.717, 1.165) is 11.8 Å². The number of halogens is 3. The molecule has 0 saturated carbocycles. The van der Waals surface area contributed by atoms with Crippen LogP contribution in [-0.4, -0.2) is 32.7 Å². The second-order valence-corrected chi connectivity index (χ2v) is 9.57. The predicted molar refractivity (Wildman–Crippen MR) is 135 cm³/mol. The first-order valence-corrected chi connectivity index (χ1v) is 11.8. The summed E-state index contributed by atoms with van der Waals surface area (Å²) in [6.45, 7) is 5.53. The van der Waals surface area contributed by atoms with E-state index in [1.54, 1.807) is 69.3 Å². The summed E-state index contributed by atoms with van der Waals surface area (Å²) in [6, 6.07) is 13.6. The molecule has 1 heterocycles. The number of alkyl halides is 3. The maximum absolute atomic E-state index is 13.6. The highest BCUT2D eigenvalue weighted by atomic mass is 19.4. The monoisotopic (exact) mass is 530 g/mol. The molecular weight excluding hydrogens is 501 g/mol. The number of nitrogens with one attached hydrogen (secondary N) is 2. The molecule has 0 fully saturated rings. The van der Waals surface area contributed by atoms with Gasteiger partial charge in [0.2, 0.25) is 5.95 Å². The zero-order valence-corrected chi connectivity index (χ0v) is 21.2. The molecule has 0 saturated heterocycles. The van der Waals surface area contributed by atoms with Crippen LogP contribution in [-0.2, 0) is 41.5 Å². The quantitative estimate of drug-likeness (QED) is 0.326. The van der Waals surface area contributed by atoms with Gasteiger partial charge in [0, 0.05) is 18.4 Å². The first-order chi connectivity index (χ1) is 17.8. The third-order valence-electron chi connectivity index (χ3n) is 5.31. The van der Waals surface area contributed by atoms with E-state index >= 15 is 0 Å². The Morgan fingerprint density at radius 2 is 1.63 bits per heavy atom. The summed E-state index contributed by atoms with van der Waals surface area (Å²) < 4.78 is 46.1. The maximum Gasteiger partial charge on any atom is 0.419 e. The molecule has 0 bridgehead atoms. The van der Waals surface area contributed by atoms with Gasteiger partial charge in [-0.25, -0.2) is 14.8 Å². The summed E-state index contributed by atoms with van der Waals surface area (Å²) in [6.07, 6.45) is -4.54. The van der Waals surface area contributed by atoms with Gasteiger partial charge in [-0.05, 0) is 62.4 Å². The lowest BCUT2D eigenvalue weighted by Crippen LogP contribution is -2.32. The number of carbonyl (C=O) groups excluding carboxylic acids is 1. The fourth-order valence-electron chi connectivity index (χ4n) is 3.62. The lowest BCUT2D eigenvalue weighted by atomic mass is 9.98. The number of aryl methyl sites for hydroxylation is 2. The van der Waals surface area contributed by atoms with E-state index in [-0.39, 0.29) is 37.4 Å². The first kappa shape index (κ1) is 28.4. The summed E-state index contributed by atoms with van der Waals surface area (Å²) in [7, 11) is 0. The molecule has 202 valence electrons. The number of aliphatic carboxylic acids is 1. The summed E-state index contributed by atoms with van der Waals surface area (Å²) in [4.78, 5) is 30.9. The molecule has 8 nitrogen and oxygen atoms in total. The summed E-state index contributed by atoms with van der Waals surface area (Å²) in [5, 5.41) is 14.7. The highest BCUT2D eigenvalue weighted by Crippen LogP contribution is 2.32. The molecule has 3 N–H and O–H groups in total. The van der Waals surface area contributed by atoms with Crippen molar-refractivity contribution < 1.29 is 32.6 Å². The minimum Gasteiger partial charge on any atom is -0.481 e. The van der Waals surface area contributed by atoms with Crippen molar-refractivity contribution in [2.75, 3.05) is 5.32 Å². The average molecular weight is 531 g/mol. The fraction of sp³-hybridized carbons (Fsp3) is 0.333. The predicted octanol–water partition coefficient (Wildman–Crippen LogP) is 5.68. The standard InChI is InChI=1S/C27H29F3N4O4/c1-26(2,3)38-25(37)32-15-17-8-11-20(12-9-17)33-24-31-16-21(27(28,29)30)22(34-24)13-10-18-6-4-5-7-19(18)14-23(35)36/h4-9,11-12,16H,10,13-15H2,1-3H3,(H,32,37)(H,35,36)(H,31,33,34). The molecular formula is C27H29F3N4O4. The second-order valence-electron chi connectivity index (χ2n) is 9.57. The Balaban J connectivity index is 1.71. The lowest BCUT2D eigenvalue weighted by molar-refractivity contribution is -0.139. The number of rotatable bonds is 9. The SMILES string of the molecule is CC(C)(C)OC(=O)NCc1ccc(Nc2ncc(C(F)(F)F)c(CCc3ccccc3CC(=O)O)n2)cc1. The van der Waals surface area contributed by atoms with Crippen LogP contribution in [0.25, 0.3) is 0 Å². The maximum atomic E-state index is 13.6. The lowest BCUT2D eigenvalue weighted by Gasteiger charge is -2.19. The molecule has 38 heavy (non-hydrogen) atoms. The number of carboxylic acid groups (broad SMARTS) is 1. The van der Waals surface area contributed by atoms with Crippen molar-refractivity contribution in [3.05, 3.63) is 82.7 Å². The van der Waals surface area contributed by atoms with E-state index in [1.165, 1.54) is 0 Å². The van der Waals surface area contributed by atoms with E-state index in [0.29, 0.717) is 16.8 Å². The minimum atomic E-state index is -4.64. The van der Waals surface area contributed by atoms with Crippen molar-refractivity contribution in [3.63, 3.8) is 0 Å². The molecule has 11 heteroatoms. The fourth-order valence-corrected chi connectivity index (χ4v) is 3.62. The van der Waals surface area contributed by atoms with E-state index in [1.807, 2.05) is 0 Å². The largest absolute Gasteiger partial charge is 0.481 e. The zero-order chi connectivity index (χ0) is 27.9. The second kappa shape index (κ2) is 11.9. The Morgan fingerprint density at radius 3 is 2.24 bits per heavy atom. The van der Waals surface area contributed by atoms with Gasteiger partial charge < -0.3 is 20.5 Å². The summed E-state index contributed by atoms with van der Waals surface area (Å²) in [5.74, 6) is -1.03. The van der Waals surface area contributed by atoms with Gasteiger partial charge in [0.05, 0.1) is 17.7 Å². The van der Waals surface area contributed by atoms with Crippen LogP contribution in [0.1, 0.15) is 48.7 Å². The average Bonchev–Trinajstić information content (AvgIpc) is 2.81. The number of carbonyl (C=O) groups is 2. The van der Waals surface area contributed by atoms with Gasteiger partial charge in [0.25, 0.3) is 0 Å². The van der Waals surface area contributed by atoms with E-state index in [2.05, 4.69) is 20.6 Å². The first-order valence-electron chi connectivity index (χ1n) is 11.8. The molecule has 0 aliphatic carbocycles. The van der Waals surface area contributed by atoms with Crippen molar-refractivity contribution in [2.24, 2.45) is 0 Å². The number of hydrogen-bond acceptors (Lipinski definition) is 6. The molecule has 0 spiro atoms. The van der Waals surface area contributed by atoms with Gasteiger partial charge in [-0.15, -0.1) is 0 Å². The molecule has 2 aromatic carbocycles. The Hall–Kier alpha value is -4.15. The smallest absolute Gasteiger partial charge is 0.419 e. The topological polar surface area (TPSA) is 113 Å². The van der Waals surface area contributed by atoms with Crippen LogP contribution in [0.15, 0.2) is 54.7 Å². The van der Waals surface area contributed by atoms with Crippen molar-refractivity contribution in [1.29, 1.82) is 0 Å². The third kappa shape index (κ3) is 8.75. The molecule has 0 unspecified atom stereocenters. The van der Waals surface area contributed by atoms with Crippen LogP contribution in [0.4, 0.5) is 29.6 Å². The van der Waals surface area contributed by atoms with E-state index < -0.39 is 29.4 Å². The van der Waals surface area contributed by atoms with Crippen LogP contribution in [0.3, 0.4) is 0 Å². The van der Waals surface area contributed by atoms with Crippen molar-refractivity contribution in [3.8, 4) is 0 Å². The highest BCUT2D eigenvalue weighted by Gasteiger charge is 2.35. The van der Waals surface area contributed by atoms with E-state index in [9.17, 15) is 22.8 Å². The zero-order valence-electron chi connectivity index (χ0n) is 21.2. The Labute approximate surface area is 218 Å². The number of ether oxygens (including phenoxy) is 1. The molecule has 3 aromatic rings. The number of benzene rings is 2. The van der Waals surface area contributed by atoms with Crippen molar-refractivity contribution >= 4 is 23.7 Å². The number of hydrogen-bond donors (Lipinski definition) is 3. The molecule has 0 radical (unpaired) electrons. The minimum absolute atomic E-state index is 0.00792. The number of alkyl carbamates (subject to hydrolysis) is 1. The Kier molecular flexibility index (Phi) is 8.92. The number of carboxylic acids is 1. The molecule has 1 amide bonds. The Morgan fingerprint density at radius 1 is 0.974 bits per heavy atom. The van der Waals surface area contributed by atoms with Gasteiger partial charge >= 0.3 is 18.2 Å². The van der Waals surface area contributed by atoms with Crippen LogP contribution < -0.4 is 10.6 Å². The molecule has 0 aliphatic heterocycles.